The number of hydrogen-bond donors (Lipinski definition) is 2. The largest absolute Gasteiger partial charge is 0.383 e. The number of amides is 1. The number of aromatic nitrogens is 1. The van der Waals surface area contributed by atoms with Crippen LogP contribution in [-0.4, -0.2) is 17.4 Å². The van der Waals surface area contributed by atoms with Crippen molar-refractivity contribution in [2.24, 2.45) is 0 Å². The molecular weight excluding hydrogens is 309 g/mol. The summed E-state index contributed by atoms with van der Waals surface area (Å²) in [4.78, 5) is 16.4. The van der Waals surface area contributed by atoms with Crippen molar-refractivity contribution in [3.8, 4) is 0 Å². The van der Waals surface area contributed by atoms with Crippen molar-refractivity contribution >= 4 is 40.5 Å². The number of benzene rings is 1. The molecular formula is C15H15Cl2N3O. The lowest BCUT2D eigenvalue weighted by atomic mass is 10.2. The van der Waals surface area contributed by atoms with Gasteiger partial charge in [0.15, 0.2) is 0 Å². The number of rotatable bonds is 4. The molecule has 0 bridgehead atoms. The standard InChI is InChI=1S/C15H15Cl2N3O/c1-3-19-12-8-18-7-6-10(12)15(21)20-14-11(16)5-4-9(2)13(14)17/h4-8,19H,3H2,1-2H3,(H,20,21). The number of nitrogens with zero attached hydrogens (tertiary/aromatic N) is 1. The molecule has 0 aliphatic heterocycles. The molecule has 0 radical (unpaired) electrons. The topological polar surface area (TPSA) is 54.0 Å². The highest BCUT2D eigenvalue weighted by Gasteiger charge is 2.15. The zero-order valence-electron chi connectivity index (χ0n) is 11.7. The lowest BCUT2D eigenvalue weighted by Gasteiger charge is -2.13. The molecule has 0 atom stereocenters. The van der Waals surface area contributed by atoms with Gasteiger partial charge >= 0.3 is 0 Å². The predicted octanol–water partition coefficient (Wildman–Crippen LogP) is 4.38. The summed E-state index contributed by atoms with van der Waals surface area (Å²) in [5.74, 6) is -0.289. The van der Waals surface area contributed by atoms with Gasteiger partial charge in [0.25, 0.3) is 5.91 Å². The molecule has 6 heteroatoms. The van der Waals surface area contributed by atoms with Crippen molar-refractivity contribution in [2.45, 2.75) is 13.8 Å². The Morgan fingerprint density at radius 3 is 2.76 bits per heavy atom. The lowest BCUT2D eigenvalue weighted by molar-refractivity contribution is 0.102. The minimum Gasteiger partial charge on any atom is -0.383 e. The first-order valence-electron chi connectivity index (χ1n) is 6.48. The van der Waals surface area contributed by atoms with Crippen LogP contribution in [0, 0.1) is 6.92 Å². The Morgan fingerprint density at radius 1 is 1.29 bits per heavy atom. The van der Waals surface area contributed by atoms with Crippen LogP contribution in [0.5, 0.6) is 0 Å². The Bertz CT molecular complexity index is 674. The highest BCUT2D eigenvalue weighted by molar-refractivity contribution is 6.40. The first-order valence-corrected chi connectivity index (χ1v) is 7.24. The van der Waals surface area contributed by atoms with Crippen LogP contribution in [0.2, 0.25) is 10.0 Å². The number of carbonyl (C=O) groups is 1. The van der Waals surface area contributed by atoms with E-state index in [-0.39, 0.29) is 5.91 Å². The number of carbonyl (C=O) groups excluding carboxylic acids is 1. The lowest BCUT2D eigenvalue weighted by Crippen LogP contribution is -2.15. The third-order valence-electron chi connectivity index (χ3n) is 2.96. The average Bonchev–Trinajstić information content (AvgIpc) is 2.48. The molecule has 0 aliphatic carbocycles. The smallest absolute Gasteiger partial charge is 0.257 e. The van der Waals surface area contributed by atoms with Crippen LogP contribution < -0.4 is 10.6 Å². The summed E-state index contributed by atoms with van der Waals surface area (Å²) in [6.07, 6.45) is 3.17. The van der Waals surface area contributed by atoms with E-state index in [1.54, 1.807) is 30.6 Å². The van der Waals surface area contributed by atoms with Crippen molar-refractivity contribution in [3.05, 3.63) is 51.8 Å². The van der Waals surface area contributed by atoms with E-state index in [1.807, 2.05) is 13.8 Å². The van der Waals surface area contributed by atoms with Gasteiger partial charge in [0.2, 0.25) is 0 Å². The second kappa shape index (κ2) is 6.78. The molecule has 0 saturated heterocycles. The van der Waals surface area contributed by atoms with E-state index in [0.717, 1.165) is 5.56 Å². The van der Waals surface area contributed by atoms with Gasteiger partial charge in [-0.05, 0) is 31.5 Å². The van der Waals surface area contributed by atoms with Gasteiger partial charge in [-0.15, -0.1) is 0 Å². The number of halogens is 2. The Morgan fingerprint density at radius 2 is 2.05 bits per heavy atom. The minimum absolute atomic E-state index is 0.289. The van der Waals surface area contributed by atoms with Gasteiger partial charge in [0, 0.05) is 12.7 Å². The minimum atomic E-state index is -0.289. The highest BCUT2D eigenvalue weighted by Crippen LogP contribution is 2.33. The van der Waals surface area contributed by atoms with Crippen LogP contribution in [0.25, 0.3) is 0 Å². The molecule has 2 aromatic rings. The Labute approximate surface area is 133 Å². The molecule has 110 valence electrons. The van der Waals surface area contributed by atoms with E-state index in [9.17, 15) is 4.79 Å². The zero-order chi connectivity index (χ0) is 15.4. The second-order valence-corrected chi connectivity index (χ2v) is 5.24. The van der Waals surface area contributed by atoms with Crippen molar-refractivity contribution in [1.29, 1.82) is 0 Å². The van der Waals surface area contributed by atoms with Gasteiger partial charge in [0.1, 0.15) is 0 Å². The average molecular weight is 324 g/mol. The molecule has 4 nitrogen and oxygen atoms in total. The molecule has 1 aromatic heterocycles. The number of anilines is 2. The van der Waals surface area contributed by atoms with Crippen molar-refractivity contribution in [1.82, 2.24) is 4.98 Å². The molecule has 0 spiro atoms. The summed E-state index contributed by atoms with van der Waals surface area (Å²) in [7, 11) is 0. The summed E-state index contributed by atoms with van der Waals surface area (Å²) in [6, 6.07) is 5.15. The van der Waals surface area contributed by atoms with Gasteiger partial charge in [-0.1, -0.05) is 29.3 Å². The molecule has 2 rings (SSSR count). The van der Waals surface area contributed by atoms with E-state index in [0.29, 0.717) is 33.5 Å². The molecule has 0 aliphatic rings. The summed E-state index contributed by atoms with van der Waals surface area (Å²) in [5, 5.41) is 6.70. The van der Waals surface area contributed by atoms with Crippen molar-refractivity contribution in [2.75, 3.05) is 17.2 Å². The van der Waals surface area contributed by atoms with Gasteiger partial charge in [-0.25, -0.2) is 0 Å². The molecule has 0 fully saturated rings. The fourth-order valence-electron chi connectivity index (χ4n) is 1.88. The van der Waals surface area contributed by atoms with Crippen LogP contribution in [0.3, 0.4) is 0 Å². The van der Waals surface area contributed by atoms with E-state index < -0.39 is 0 Å². The Balaban J connectivity index is 2.33. The van der Waals surface area contributed by atoms with Crippen LogP contribution in [-0.2, 0) is 0 Å². The maximum Gasteiger partial charge on any atom is 0.257 e. The highest BCUT2D eigenvalue weighted by atomic mass is 35.5. The third-order valence-corrected chi connectivity index (χ3v) is 3.76. The quantitative estimate of drug-likeness (QED) is 0.877. The first-order chi connectivity index (χ1) is 10.0. The SMILES string of the molecule is CCNc1cnccc1C(=O)Nc1c(Cl)ccc(C)c1Cl. The molecule has 0 saturated carbocycles. The number of pyridine rings is 1. The van der Waals surface area contributed by atoms with E-state index in [4.69, 9.17) is 23.2 Å². The normalized spacial score (nSPS) is 10.3. The number of aryl methyl sites for hydroxylation is 1. The van der Waals surface area contributed by atoms with Gasteiger partial charge in [0.05, 0.1) is 33.2 Å². The predicted molar refractivity (Wildman–Crippen MR) is 87.6 cm³/mol. The molecule has 21 heavy (non-hydrogen) atoms. The third kappa shape index (κ3) is 3.46. The summed E-state index contributed by atoms with van der Waals surface area (Å²) < 4.78 is 0. The molecule has 2 N–H and O–H groups in total. The summed E-state index contributed by atoms with van der Waals surface area (Å²) >= 11 is 12.3. The summed E-state index contributed by atoms with van der Waals surface area (Å²) in [6.45, 7) is 4.49. The maximum absolute atomic E-state index is 12.4. The number of nitrogens with one attached hydrogen (secondary N) is 2. The van der Waals surface area contributed by atoms with Crippen LogP contribution in [0.15, 0.2) is 30.6 Å². The second-order valence-electron chi connectivity index (χ2n) is 4.46. The zero-order valence-corrected chi connectivity index (χ0v) is 13.2. The van der Waals surface area contributed by atoms with E-state index in [1.165, 1.54) is 0 Å². The summed E-state index contributed by atoms with van der Waals surface area (Å²) in [5.41, 5.74) is 2.42. The first kappa shape index (κ1) is 15.6. The fourth-order valence-corrected chi connectivity index (χ4v) is 2.34. The van der Waals surface area contributed by atoms with Crippen LogP contribution in [0.4, 0.5) is 11.4 Å². The number of hydrogen-bond acceptors (Lipinski definition) is 3. The van der Waals surface area contributed by atoms with Crippen molar-refractivity contribution < 1.29 is 4.79 Å². The van der Waals surface area contributed by atoms with E-state index >= 15 is 0 Å². The van der Waals surface area contributed by atoms with Gasteiger partial charge in [-0.3, -0.25) is 9.78 Å². The Hall–Kier alpha value is -1.78. The Kier molecular flexibility index (Phi) is 5.04. The van der Waals surface area contributed by atoms with Crippen LogP contribution >= 0.6 is 23.2 Å². The fraction of sp³-hybridized carbons (Fsp3) is 0.200. The molecule has 1 aromatic carbocycles. The molecule has 1 heterocycles. The van der Waals surface area contributed by atoms with Gasteiger partial charge < -0.3 is 10.6 Å². The van der Waals surface area contributed by atoms with Crippen LogP contribution in [0.1, 0.15) is 22.8 Å². The van der Waals surface area contributed by atoms with Gasteiger partial charge in [-0.2, -0.15) is 0 Å². The monoisotopic (exact) mass is 323 g/mol. The molecule has 0 unspecified atom stereocenters. The van der Waals surface area contributed by atoms with Crippen molar-refractivity contribution in [3.63, 3.8) is 0 Å². The molecule has 1 amide bonds. The maximum atomic E-state index is 12.4. The van der Waals surface area contributed by atoms with E-state index in [2.05, 4.69) is 15.6 Å².